The summed E-state index contributed by atoms with van der Waals surface area (Å²) in [6.45, 7) is 4.23. The molecule has 2 aliphatic heterocycles. The molecule has 2 aliphatic rings. The van der Waals surface area contributed by atoms with Gasteiger partial charge in [0.25, 0.3) is 5.91 Å². The Kier molecular flexibility index (Phi) is 6.61. The summed E-state index contributed by atoms with van der Waals surface area (Å²) in [5, 5.41) is 11.7. The van der Waals surface area contributed by atoms with Crippen molar-refractivity contribution in [2.24, 2.45) is 0 Å². The third-order valence-electron chi connectivity index (χ3n) is 6.25. The Labute approximate surface area is 183 Å². The maximum atomic E-state index is 12.4. The number of aliphatic hydroxyl groups is 1. The molecule has 0 unspecified atom stereocenters. The molecule has 4 rings (SSSR count). The average molecular weight is 429 g/mol. The summed E-state index contributed by atoms with van der Waals surface area (Å²) in [5.74, 6) is 0.868. The van der Waals surface area contributed by atoms with E-state index < -0.39 is 5.60 Å². The number of unbranched alkanes of at least 4 members (excludes halogenated alkanes) is 1. The van der Waals surface area contributed by atoms with Crippen LogP contribution in [0.15, 0.2) is 48.5 Å². The molecule has 0 atom stereocenters. The lowest BCUT2D eigenvalue weighted by Gasteiger charge is -2.38. The number of fused-ring (bicyclic) bond motifs is 1. The van der Waals surface area contributed by atoms with Gasteiger partial charge in [-0.25, -0.2) is 0 Å². The Morgan fingerprint density at radius 3 is 2.47 bits per heavy atom. The van der Waals surface area contributed by atoms with E-state index in [1.165, 1.54) is 0 Å². The number of amides is 1. The first kappa shape index (κ1) is 21.2. The third-order valence-corrected chi connectivity index (χ3v) is 6.51. The molecule has 1 N–H and O–H groups in total. The van der Waals surface area contributed by atoms with Gasteiger partial charge in [-0.3, -0.25) is 4.79 Å². The number of rotatable bonds is 6. The first-order valence-electron chi connectivity index (χ1n) is 10.7. The second kappa shape index (κ2) is 9.38. The van der Waals surface area contributed by atoms with Crippen LogP contribution in [0.3, 0.4) is 0 Å². The zero-order valence-corrected chi connectivity index (χ0v) is 18.0. The molecule has 30 heavy (non-hydrogen) atoms. The average Bonchev–Trinajstić information content (AvgIpc) is 2.92. The van der Waals surface area contributed by atoms with E-state index in [9.17, 15) is 9.90 Å². The molecule has 0 bridgehead atoms. The summed E-state index contributed by atoms with van der Waals surface area (Å²) in [6.07, 6.45) is 3.46. The lowest BCUT2D eigenvalue weighted by Crippen LogP contribution is -2.43. The lowest BCUT2D eigenvalue weighted by molar-refractivity contribution is -0.133. The fraction of sp³-hybridized carbons (Fsp3) is 0.458. The van der Waals surface area contributed by atoms with E-state index in [4.69, 9.17) is 16.3 Å². The van der Waals surface area contributed by atoms with Crippen LogP contribution in [0.4, 0.5) is 0 Å². The van der Waals surface area contributed by atoms with E-state index in [2.05, 4.69) is 4.90 Å². The normalized spacial score (nSPS) is 19.1. The van der Waals surface area contributed by atoms with Gasteiger partial charge in [0.15, 0.2) is 6.61 Å². The van der Waals surface area contributed by atoms with Gasteiger partial charge in [-0.2, -0.15) is 0 Å². The van der Waals surface area contributed by atoms with Crippen LogP contribution in [-0.4, -0.2) is 53.6 Å². The molecule has 160 valence electrons. The Morgan fingerprint density at radius 1 is 1.00 bits per heavy atom. The number of nitrogens with zero attached hydrogens (tertiary/aromatic N) is 2. The van der Waals surface area contributed by atoms with E-state index in [1.807, 2.05) is 53.4 Å². The molecule has 0 saturated carbocycles. The largest absolute Gasteiger partial charge is 0.483 e. The highest BCUT2D eigenvalue weighted by Crippen LogP contribution is 2.33. The Bertz CT molecular complexity index is 863. The summed E-state index contributed by atoms with van der Waals surface area (Å²) in [7, 11) is 0. The van der Waals surface area contributed by atoms with Crippen LogP contribution in [0.1, 0.15) is 36.8 Å². The minimum atomic E-state index is -0.757. The standard InChI is InChI=1S/C24H29ClN2O3/c25-21-9-7-20(8-10-21)24(29)11-15-26(16-12-24)13-3-4-14-27-17-19-5-1-2-6-22(19)30-18-23(27)28/h1-2,5-10,29H,3-4,11-18H2. The van der Waals surface area contributed by atoms with Gasteiger partial charge in [-0.05, 0) is 56.0 Å². The van der Waals surface area contributed by atoms with Gasteiger partial charge < -0.3 is 19.6 Å². The predicted octanol–water partition coefficient (Wildman–Crippen LogP) is 3.82. The number of likely N-dealkylation sites (tertiary alicyclic amines) is 1. The molecular weight excluding hydrogens is 400 g/mol. The number of hydrogen-bond donors (Lipinski definition) is 1. The number of para-hydroxylation sites is 1. The van der Waals surface area contributed by atoms with Gasteiger partial charge in [0.1, 0.15) is 5.75 Å². The van der Waals surface area contributed by atoms with Gasteiger partial charge in [0, 0.05) is 36.8 Å². The molecule has 2 heterocycles. The highest BCUT2D eigenvalue weighted by molar-refractivity contribution is 6.30. The quantitative estimate of drug-likeness (QED) is 0.710. The van der Waals surface area contributed by atoms with Gasteiger partial charge in [0.05, 0.1) is 5.60 Å². The van der Waals surface area contributed by atoms with Crippen molar-refractivity contribution in [2.75, 3.05) is 32.8 Å². The van der Waals surface area contributed by atoms with Crippen molar-refractivity contribution in [3.63, 3.8) is 0 Å². The zero-order chi connectivity index (χ0) is 21.0. The molecule has 0 aromatic heterocycles. The van der Waals surface area contributed by atoms with Gasteiger partial charge in [0.2, 0.25) is 0 Å². The van der Waals surface area contributed by atoms with Crippen molar-refractivity contribution in [3.8, 4) is 5.75 Å². The fourth-order valence-corrected chi connectivity index (χ4v) is 4.46. The van der Waals surface area contributed by atoms with Crippen LogP contribution in [0.5, 0.6) is 5.75 Å². The maximum absolute atomic E-state index is 12.4. The summed E-state index contributed by atoms with van der Waals surface area (Å²) >= 11 is 5.97. The number of carbonyl (C=O) groups is 1. The van der Waals surface area contributed by atoms with Crippen molar-refractivity contribution in [1.82, 2.24) is 9.80 Å². The second-order valence-corrected chi connectivity index (χ2v) is 8.74. The van der Waals surface area contributed by atoms with Crippen LogP contribution in [0.25, 0.3) is 0 Å². The Hall–Kier alpha value is -2.08. The van der Waals surface area contributed by atoms with Crippen molar-refractivity contribution in [3.05, 3.63) is 64.7 Å². The molecule has 0 radical (unpaired) electrons. The Balaban J connectivity index is 1.21. The van der Waals surface area contributed by atoms with E-state index >= 15 is 0 Å². The minimum Gasteiger partial charge on any atom is -0.483 e. The van der Waals surface area contributed by atoms with E-state index in [0.717, 1.165) is 68.7 Å². The van der Waals surface area contributed by atoms with Crippen molar-refractivity contribution >= 4 is 17.5 Å². The number of carbonyl (C=O) groups excluding carboxylic acids is 1. The van der Waals surface area contributed by atoms with Crippen molar-refractivity contribution in [2.45, 2.75) is 37.8 Å². The number of ether oxygens (including phenoxy) is 1. The van der Waals surface area contributed by atoms with Crippen LogP contribution >= 0.6 is 11.6 Å². The zero-order valence-electron chi connectivity index (χ0n) is 17.2. The smallest absolute Gasteiger partial charge is 0.260 e. The molecular formula is C24H29ClN2O3. The maximum Gasteiger partial charge on any atom is 0.260 e. The summed E-state index contributed by atoms with van der Waals surface area (Å²) in [4.78, 5) is 16.7. The van der Waals surface area contributed by atoms with Crippen LogP contribution in [-0.2, 0) is 16.9 Å². The van der Waals surface area contributed by atoms with Crippen molar-refractivity contribution in [1.29, 1.82) is 0 Å². The van der Waals surface area contributed by atoms with E-state index in [0.29, 0.717) is 11.6 Å². The predicted molar refractivity (Wildman–Crippen MR) is 118 cm³/mol. The van der Waals surface area contributed by atoms with Crippen LogP contribution in [0.2, 0.25) is 5.02 Å². The van der Waals surface area contributed by atoms with Crippen molar-refractivity contribution < 1.29 is 14.6 Å². The lowest BCUT2D eigenvalue weighted by atomic mass is 9.84. The molecule has 1 fully saturated rings. The highest BCUT2D eigenvalue weighted by atomic mass is 35.5. The van der Waals surface area contributed by atoms with E-state index in [1.54, 1.807) is 0 Å². The molecule has 0 spiro atoms. The monoisotopic (exact) mass is 428 g/mol. The van der Waals surface area contributed by atoms with Crippen LogP contribution < -0.4 is 4.74 Å². The second-order valence-electron chi connectivity index (χ2n) is 8.30. The summed E-state index contributed by atoms with van der Waals surface area (Å²) < 4.78 is 5.62. The molecule has 2 aromatic carbocycles. The first-order chi connectivity index (χ1) is 14.5. The fourth-order valence-electron chi connectivity index (χ4n) is 4.34. The molecule has 2 aromatic rings. The molecule has 1 saturated heterocycles. The molecule has 5 nitrogen and oxygen atoms in total. The number of halogens is 1. The number of benzene rings is 2. The summed E-state index contributed by atoms with van der Waals surface area (Å²) in [5.41, 5.74) is 1.27. The first-order valence-corrected chi connectivity index (χ1v) is 11.1. The van der Waals surface area contributed by atoms with Crippen LogP contribution in [0, 0.1) is 0 Å². The topological polar surface area (TPSA) is 53.0 Å². The van der Waals surface area contributed by atoms with Gasteiger partial charge >= 0.3 is 0 Å². The SMILES string of the molecule is O=C1COc2ccccc2CN1CCCCN1CCC(O)(c2ccc(Cl)cc2)CC1. The number of hydrogen-bond acceptors (Lipinski definition) is 4. The number of piperidine rings is 1. The Morgan fingerprint density at radius 2 is 1.70 bits per heavy atom. The highest BCUT2D eigenvalue weighted by Gasteiger charge is 2.33. The molecule has 1 amide bonds. The molecule has 0 aliphatic carbocycles. The minimum absolute atomic E-state index is 0.0530. The molecule has 6 heteroatoms. The van der Waals surface area contributed by atoms with E-state index in [-0.39, 0.29) is 12.5 Å². The van der Waals surface area contributed by atoms with Gasteiger partial charge in [-0.15, -0.1) is 0 Å². The summed E-state index contributed by atoms with van der Waals surface area (Å²) in [6, 6.07) is 15.4. The van der Waals surface area contributed by atoms with Gasteiger partial charge in [-0.1, -0.05) is 41.9 Å². The third kappa shape index (κ3) is 4.97.